The van der Waals surface area contributed by atoms with Gasteiger partial charge in [0.25, 0.3) is 5.91 Å². The van der Waals surface area contributed by atoms with Crippen LogP contribution in [-0.4, -0.2) is 24.5 Å². The molecule has 1 aliphatic carbocycles. The normalized spacial score (nSPS) is 21.3. The molecule has 1 saturated carbocycles. The first kappa shape index (κ1) is 16.4. The van der Waals surface area contributed by atoms with Crippen LogP contribution in [0.2, 0.25) is 0 Å². The highest BCUT2D eigenvalue weighted by Gasteiger charge is 2.41. The van der Waals surface area contributed by atoms with Gasteiger partial charge < -0.3 is 15.4 Å². The number of cyclic esters (lactones) is 1. The standard InChI is InChI=1S/C21H20N2O3/c1-13-6-5-9-15(10-13)22-18-12-26-21(25)19(18)20(24)23-17-11-16(17)14-7-3-2-4-8-14/h2-10,16-17,22H,11-12H2,1H3,(H,23,24)/t16-,17+/m0/s1. The zero-order valence-corrected chi connectivity index (χ0v) is 14.5. The number of carbonyl (C=O) groups excluding carboxylic acids is 2. The highest BCUT2D eigenvalue weighted by Crippen LogP contribution is 2.40. The molecule has 1 aliphatic heterocycles. The van der Waals surface area contributed by atoms with E-state index in [-0.39, 0.29) is 24.1 Å². The van der Waals surface area contributed by atoms with Crippen LogP contribution in [-0.2, 0) is 14.3 Å². The summed E-state index contributed by atoms with van der Waals surface area (Å²) in [5.74, 6) is -0.632. The molecule has 0 saturated heterocycles. The van der Waals surface area contributed by atoms with Crippen LogP contribution in [0, 0.1) is 6.92 Å². The summed E-state index contributed by atoms with van der Waals surface area (Å²) >= 11 is 0. The molecule has 1 heterocycles. The molecule has 2 aliphatic rings. The minimum atomic E-state index is -0.574. The third-order valence-electron chi connectivity index (χ3n) is 4.73. The molecular weight excluding hydrogens is 328 g/mol. The topological polar surface area (TPSA) is 67.4 Å². The van der Waals surface area contributed by atoms with Gasteiger partial charge in [-0.15, -0.1) is 0 Å². The Morgan fingerprint density at radius 3 is 2.69 bits per heavy atom. The lowest BCUT2D eigenvalue weighted by Gasteiger charge is -2.09. The van der Waals surface area contributed by atoms with E-state index in [1.165, 1.54) is 5.56 Å². The molecule has 1 amide bonds. The van der Waals surface area contributed by atoms with E-state index in [4.69, 9.17) is 4.74 Å². The highest BCUT2D eigenvalue weighted by atomic mass is 16.5. The fourth-order valence-electron chi connectivity index (χ4n) is 3.29. The smallest absolute Gasteiger partial charge is 0.346 e. The highest BCUT2D eigenvalue weighted by molar-refractivity contribution is 6.18. The number of ether oxygens (including phenoxy) is 1. The number of hydrogen-bond acceptors (Lipinski definition) is 4. The van der Waals surface area contributed by atoms with E-state index in [2.05, 4.69) is 22.8 Å². The molecule has 2 atom stereocenters. The minimum absolute atomic E-state index is 0.0611. The van der Waals surface area contributed by atoms with E-state index in [1.54, 1.807) is 0 Å². The summed E-state index contributed by atoms with van der Waals surface area (Å²) in [5.41, 5.74) is 3.71. The Balaban J connectivity index is 1.47. The Hall–Kier alpha value is -3.08. The fraction of sp³-hybridized carbons (Fsp3) is 0.238. The lowest BCUT2D eigenvalue weighted by Crippen LogP contribution is -2.31. The maximum atomic E-state index is 12.6. The number of benzene rings is 2. The number of aryl methyl sites for hydroxylation is 1. The van der Waals surface area contributed by atoms with Gasteiger partial charge in [-0.05, 0) is 36.6 Å². The van der Waals surface area contributed by atoms with Crippen molar-refractivity contribution in [2.24, 2.45) is 0 Å². The molecular formula is C21H20N2O3. The van der Waals surface area contributed by atoms with Crippen molar-refractivity contribution < 1.29 is 14.3 Å². The number of nitrogens with one attached hydrogen (secondary N) is 2. The number of rotatable bonds is 5. The van der Waals surface area contributed by atoms with E-state index in [9.17, 15) is 9.59 Å². The Kier molecular flexibility index (Phi) is 4.21. The van der Waals surface area contributed by atoms with Crippen molar-refractivity contribution in [3.05, 3.63) is 77.0 Å². The monoisotopic (exact) mass is 348 g/mol. The van der Waals surface area contributed by atoms with Crippen molar-refractivity contribution >= 4 is 17.6 Å². The lowest BCUT2D eigenvalue weighted by atomic mass is 10.1. The zero-order chi connectivity index (χ0) is 18.1. The van der Waals surface area contributed by atoms with Crippen LogP contribution in [0.3, 0.4) is 0 Å². The van der Waals surface area contributed by atoms with Gasteiger partial charge in [-0.25, -0.2) is 4.79 Å². The first-order valence-electron chi connectivity index (χ1n) is 8.71. The van der Waals surface area contributed by atoms with E-state index in [0.29, 0.717) is 11.6 Å². The van der Waals surface area contributed by atoms with E-state index < -0.39 is 5.97 Å². The predicted molar refractivity (Wildman–Crippen MR) is 98.5 cm³/mol. The van der Waals surface area contributed by atoms with Gasteiger partial charge in [-0.1, -0.05) is 42.5 Å². The van der Waals surface area contributed by atoms with Gasteiger partial charge in [0.15, 0.2) is 0 Å². The van der Waals surface area contributed by atoms with Gasteiger partial charge in [0, 0.05) is 17.6 Å². The van der Waals surface area contributed by atoms with Crippen molar-refractivity contribution in [2.75, 3.05) is 11.9 Å². The molecule has 0 spiro atoms. The molecule has 5 heteroatoms. The van der Waals surface area contributed by atoms with Gasteiger partial charge in [0.05, 0.1) is 5.70 Å². The van der Waals surface area contributed by atoms with Crippen LogP contribution in [0.1, 0.15) is 23.5 Å². The fourth-order valence-corrected chi connectivity index (χ4v) is 3.29. The van der Waals surface area contributed by atoms with Gasteiger partial charge >= 0.3 is 5.97 Å². The van der Waals surface area contributed by atoms with E-state index in [0.717, 1.165) is 17.7 Å². The van der Waals surface area contributed by atoms with Crippen molar-refractivity contribution in [3.63, 3.8) is 0 Å². The average Bonchev–Trinajstić information content (AvgIpc) is 3.30. The Morgan fingerprint density at radius 2 is 1.92 bits per heavy atom. The quantitative estimate of drug-likeness (QED) is 0.644. The summed E-state index contributed by atoms with van der Waals surface area (Å²) < 4.78 is 5.08. The van der Waals surface area contributed by atoms with Crippen LogP contribution in [0.25, 0.3) is 0 Å². The minimum Gasteiger partial charge on any atom is -0.455 e. The van der Waals surface area contributed by atoms with E-state index in [1.807, 2.05) is 49.4 Å². The van der Waals surface area contributed by atoms with Crippen LogP contribution < -0.4 is 10.6 Å². The summed E-state index contributed by atoms with van der Waals surface area (Å²) in [7, 11) is 0. The molecule has 26 heavy (non-hydrogen) atoms. The van der Waals surface area contributed by atoms with Crippen LogP contribution >= 0.6 is 0 Å². The Labute approximate surface area is 152 Å². The van der Waals surface area contributed by atoms with Gasteiger partial charge in [-0.2, -0.15) is 0 Å². The van der Waals surface area contributed by atoms with Gasteiger partial charge in [0.1, 0.15) is 12.2 Å². The molecule has 4 rings (SSSR count). The Bertz CT molecular complexity index is 889. The predicted octanol–water partition coefficient (Wildman–Crippen LogP) is 2.89. The van der Waals surface area contributed by atoms with Crippen molar-refractivity contribution in [3.8, 4) is 0 Å². The number of anilines is 1. The van der Waals surface area contributed by atoms with E-state index >= 15 is 0 Å². The number of esters is 1. The Morgan fingerprint density at radius 1 is 1.12 bits per heavy atom. The summed E-state index contributed by atoms with van der Waals surface area (Å²) in [4.78, 5) is 24.7. The average molecular weight is 348 g/mol. The maximum absolute atomic E-state index is 12.6. The van der Waals surface area contributed by atoms with Crippen molar-refractivity contribution in [1.29, 1.82) is 0 Å². The summed E-state index contributed by atoms with van der Waals surface area (Å²) in [6.45, 7) is 2.07. The number of hydrogen-bond donors (Lipinski definition) is 2. The second-order valence-corrected chi connectivity index (χ2v) is 6.76. The van der Waals surface area contributed by atoms with Gasteiger partial charge in [-0.3, -0.25) is 4.79 Å². The molecule has 1 fully saturated rings. The molecule has 2 aromatic carbocycles. The zero-order valence-electron chi connectivity index (χ0n) is 14.5. The first-order chi connectivity index (χ1) is 12.6. The maximum Gasteiger partial charge on any atom is 0.346 e. The van der Waals surface area contributed by atoms with Crippen LogP contribution in [0.4, 0.5) is 5.69 Å². The summed E-state index contributed by atoms with van der Waals surface area (Å²) in [6, 6.07) is 17.9. The molecule has 5 nitrogen and oxygen atoms in total. The van der Waals surface area contributed by atoms with Crippen molar-refractivity contribution in [2.45, 2.75) is 25.3 Å². The number of carbonyl (C=O) groups is 2. The molecule has 2 aromatic rings. The van der Waals surface area contributed by atoms with Crippen LogP contribution in [0.5, 0.6) is 0 Å². The number of amides is 1. The molecule has 0 unspecified atom stereocenters. The second-order valence-electron chi connectivity index (χ2n) is 6.76. The largest absolute Gasteiger partial charge is 0.455 e. The molecule has 2 N–H and O–H groups in total. The first-order valence-corrected chi connectivity index (χ1v) is 8.71. The van der Waals surface area contributed by atoms with Crippen molar-refractivity contribution in [1.82, 2.24) is 5.32 Å². The van der Waals surface area contributed by atoms with Gasteiger partial charge in [0.2, 0.25) is 0 Å². The molecule has 0 aromatic heterocycles. The third kappa shape index (κ3) is 3.33. The molecule has 0 radical (unpaired) electrons. The summed E-state index contributed by atoms with van der Waals surface area (Å²) in [6.07, 6.45) is 0.888. The van der Waals surface area contributed by atoms with Crippen LogP contribution in [0.15, 0.2) is 65.9 Å². The second kappa shape index (κ2) is 6.67. The summed E-state index contributed by atoms with van der Waals surface area (Å²) in [5, 5.41) is 6.12. The SMILES string of the molecule is Cc1cccc(NC2=C(C(=O)N[C@@H]3C[C@H]3c3ccccc3)C(=O)OC2)c1. The molecule has 0 bridgehead atoms. The lowest BCUT2D eigenvalue weighted by molar-refractivity contribution is -0.137. The molecule has 132 valence electrons. The third-order valence-corrected chi connectivity index (χ3v) is 4.73.